The summed E-state index contributed by atoms with van der Waals surface area (Å²) in [5, 5.41) is 2.86. The number of aryl methyl sites for hydroxylation is 1. The number of hydrogen-bond donors (Lipinski definition) is 1. The van der Waals surface area contributed by atoms with E-state index in [9.17, 15) is 4.79 Å². The number of carbonyl (C=O) groups is 1. The molecule has 0 fully saturated rings. The highest BCUT2D eigenvalue weighted by Gasteiger charge is 2.04. The first-order chi connectivity index (χ1) is 13.7. The van der Waals surface area contributed by atoms with E-state index in [4.69, 9.17) is 4.74 Å². The van der Waals surface area contributed by atoms with Crippen molar-refractivity contribution in [2.75, 3.05) is 5.32 Å². The van der Waals surface area contributed by atoms with Gasteiger partial charge in [0.15, 0.2) is 0 Å². The van der Waals surface area contributed by atoms with E-state index in [1.54, 1.807) is 17.4 Å². The molecule has 0 bridgehead atoms. The highest BCUT2D eigenvalue weighted by atomic mass is 32.1. The van der Waals surface area contributed by atoms with Gasteiger partial charge in [0.2, 0.25) is 5.91 Å². The van der Waals surface area contributed by atoms with Gasteiger partial charge in [-0.1, -0.05) is 12.1 Å². The number of thiophene rings is 1. The van der Waals surface area contributed by atoms with Crippen LogP contribution in [0, 0.1) is 6.92 Å². The van der Waals surface area contributed by atoms with Crippen molar-refractivity contribution in [1.29, 1.82) is 0 Å². The molecule has 140 valence electrons. The summed E-state index contributed by atoms with van der Waals surface area (Å²) in [5.74, 6) is 0.497. The lowest BCUT2D eigenvalue weighted by atomic mass is 10.3. The van der Waals surface area contributed by atoms with Gasteiger partial charge in [-0.15, -0.1) is 11.3 Å². The molecule has 28 heavy (non-hydrogen) atoms. The van der Waals surface area contributed by atoms with E-state index in [1.807, 2.05) is 78.3 Å². The average molecular weight is 389 g/mol. The lowest BCUT2D eigenvalue weighted by Crippen LogP contribution is -2.07. The lowest BCUT2D eigenvalue weighted by molar-refractivity contribution is -0.111. The molecular formula is C22H19N3O2S. The Morgan fingerprint density at radius 2 is 2.14 bits per heavy atom. The maximum absolute atomic E-state index is 12.1. The fourth-order valence-electron chi connectivity index (χ4n) is 2.76. The van der Waals surface area contributed by atoms with Crippen LogP contribution >= 0.6 is 11.3 Å². The molecule has 1 amide bonds. The lowest BCUT2D eigenvalue weighted by Gasteiger charge is -2.07. The van der Waals surface area contributed by atoms with Crippen LogP contribution in [0.5, 0.6) is 5.75 Å². The van der Waals surface area contributed by atoms with Crippen molar-refractivity contribution >= 4 is 34.7 Å². The fraction of sp³-hybridized carbons (Fsp3) is 0.0909. The van der Waals surface area contributed by atoms with E-state index in [1.165, 1.54) is 11.0 Å². The minimum Gasteiger partial charge on any atom is -0.487 e. The molecule has 4 aromatic rings. The topological polar surface area (TPSA) is 55.6 Å². The number of hydrogen-bond acceptors (Lipinski definition) is 4. The van der Waals surface area contributed by atoms with E-state index in [2.05, 4.69) is 10.3 Å². The van der Waals surface area contributed by atoms with Gasteiger partial charge in [-0.2, -0.15) is 0 Å². The number of nitrogens with zero attached hydrogens (tertiary/aromatic N) is 2. The van der Waals surface area contributed by atoms with Crippen LogP contribution in [0.3, 0.4) is 0 Å². The van der Waals surface area contributed by atoms with Crippen molar-refractivity contribution < 1.29 is 9.53 Å². The SMILES string of the molecule is Cc1ccc(/C=C/C(=O)Nc2cccc(OCc3cn4ccccc4n3)c2)s1. The number of nitrogens with one attached hydrogen (secondary N) is 1. The van der Waals surface area contributed by atoms with Crippen LogP contribution in [0.25, 0.3) is 11.7 Å². The van der Waals surface area contributed by atoms with Crippen LogP contribution in [0.15, 0.2) is 73.1 Å². The number of rotatable bonds is 6. The maximum atomic E-state index is 12.1. The second kappa shape index (κ2) is 8.10. The summed E-state index contributed by atoms with van der Waals surface area (Å²) in [5.41, 5.74) is 2.41. The minimum absolute atomic E-state index is 0.177. The summed E-state index contributed by atoms with van der Waals surface area (Å²) >= 11 is 1.65. The largest absolute Gasteiger partial charge is 0.487 e. The molecule has 0 unspecified atom stereocenters. The smallest absolute Gasteiger partial charge is 0.248 e. The van der Waals surface area contributed by atoms with Crippen LogP contribution in [0.1, 0.15) is 15.4 Å². The van der Waals surface area contributed by atoms with Crippen molar-refractivity contribution in [1.82, 2.24) is 9.38 Å². The summed E-state index contributed by atoms with van der Waals surface area (Å²) in [4.78, 5) is 18.9. The monoisotopic (exact) mass is 389 g/mol. The third-order valence-corrected chi connectivity index (χ3v) is 5.03. The number of anilines is 1. The predicted octanol–water partition coefficient (Wildman–Crippen LogP) is 4.94. The Balaban J connectivity index is 1.37. The number of fused-ring (bicyclic) bond motifs is 1. The Bertz CT molecular complexity index is 1110. The summed E-state index contributed by atoms with van der Waals surface area (Å²) in [6.45, 7) is 2.40. The zero-order valence-corrected chi connectivity index (χ0v) is 16.1. The Morgan fingerprint density at radius 3 is 2.96 bits per heavy atom. The summed E-state index contributed by atoms with van der Waals surface area (Å²) in [6.07, 6.45) is 7.25. The summed E-state index contributed by atoms with van der Waals surface area (Å²) in [6, 6.07) is 17.2. The Kier molecular flexibility index (Phi) is 5.21. The molecule has 5 nitrogen and oxygen atoms in total. The number of benzene rings is 1. The molecule has 3 aromatic heterocycles. The molecule has 0 radical (unpaired) electrons. The van der Waals surface area contributed by atoms with Crippen LogP contribution in [-0.4, -0.2) is 15.3 Å². The van der Waals surface area contributed by atoms with Crippen molar-refractivity contribution in [2.45, 2.75) is 13.5 Å². The highest BCUT2D eigenvalue weighted by molar-refractivity contribution is 7.12. The molecule has 1 aromatic carbocycles. The molecule has 0 aliphatic carbocycles. The maximum Gasteiger partial charge on any atom is 0.248 e. The molecule has 1 N–H and O–H groups in total. The Labute approximate surface area is 166 Å². The number of aromatic nitrogens is 2. The van der Waals surface area contributed by atoms with E-state index in [0.29, 0.717) is 18.0 Å². The summed E-state index contributed by atoms with van der Waals surface area (Å²) in [7, 11) is 0. The predicted molar refractivity (Wildman–Crippen MR) is 113 cm³/mol. The quantitative estimate of drug-likeness (QED) is 0.476. The fourth-order valence-corrected chi connectivity index (χ4v) is 3.54. The van der Waals surface area contributed by atoms with Crippen molar-refractivity contribution in [3.8, 4) is 5.75 Å². The number of amides is 1. The second-order valence-electron chi connectivity index (χ2n) is 6.29. The van der Waals surface area contributed by atoms with Crippen molar-refractivity contribution in [3.05, 3.63) is 88.5 Å². The van der Waals surface area contributed by atoms with Crippen LogP contribution in [-0.2, 0) is 11.4 Å². The Hall–Kier alpha value is -3.38. The second-order valence-corrected chi connectivity index (χ2v) is 7.61. The van der Waals surface area contributed by atoms with Crippen LogP contribution < -0.4 is 10.1 Å². The van der Waals surface area contributed by atoms with Crippen LogP contribution in [0.2, 0.25) is 0 Å². The van der Waals surface area contributed by atoms with E-state index in [-0.39, 0.29) is 5.91 Å². The molecular weight excluding hydrogens is 370 g/mol. The van der Waals surface area contributed by atoms with E-state index < -0.39 is 0 Å². The van der Waals surface area contributed by atoms with Gasteiger partial charge in [-0.3, -0.25) is 4.79 Å². The number of carbonyl (C=O) groups excluding carboxylic acids is 1. The van der Waals surface area contributed by atoms with Crippen molar-refractivity contribution in [3.63, 3.8) is 0 Å². The first-order valence-electron chi connectivity index (χ1n) is 8.87. The molecule has 0 spiro atoms. The van der Waals surface area contributed by atoms with E-state index >= 15 is 0 Å². The number of imidazole rings is 1. The molecule has 6 heteroatoms. The van der Waals surface area contributed by atoms with Gasteiger partial charge in [0.05, 0.1) is 5.69 Å². The van der Waals surface area contributed by atoms with Gasteiger partial charge in [0.25, 0.3) is 0 Å². The van der Waals surface area contributed by atoms with E-state index in [0.717, 1.165) is 16.2 Å². The molecule has 3 heterocycles. The molecule has 4 rings (SSSR count). The minimum atomic E-state index is -0.177. The van der Waals surface area contributed by atoms with Gasteiger partial charge in [0, 0.05) is 40.0 Å². The first-order valence-corrected chi connectivity index (χ1v) is 9.68. The summed E-state index contributed by atoms with van der Waals surface area (Å²) < 4.78 is 7.79. The van der Waals surface area contributed by atoms with Crippen LogP contribution in [0.4, 0.5) is 5.69 Å². The normalized spacial score (nSPS) is 11.2. The van der Waals surface area contributed by atoms with Gasteiger partial charge >= 0.3 is 0 Å². The average Bonchev–Trinajstić information content (AvgIpc) is 3.30. The van der Waals surface area contributed by atoms with Gasteiger partial charge in [-0.25, -0.2) is 4.98 Å². The molecule has 0 aliphatic heterocycles. The van der Waals surface area contributed by atoms with Gasteiger partial charge in [-0.05, 0) is 49.4 Å². The van der Waals surface area contributed by atoms with Crippen molar-refractivity contribution in [2.24, 2.45) is 0 Å². The van der Waals surface area contributed by atoms with Gasteiger partial charge in [0.1, 0.15) is 18.0 Å². The zero-order valence-electron chi connectivity index (χ0n) is 15.3. The third kappa shape index (κ3) is 4.47. The standard InChI is InChI=1S/C22H19N3O2S/c1-16-8-9-20(28-16)10-11-22(26)24-17-5-4-6-19(13-17)27-15-18-14-25-12-3-2-7-21(25)23-18/h2-14H,15H2,1H3,(H,24,26)/b11-10+. The van der Waals surface area contributed by atoms with Gasteiger partial charge < -0.3 is 14.5 Å². The molecule has 0 saturated carbocycles. The number of ether oxygens (including phenoxy) is 1. The molecule has 0 saturated heterocycles. The first kappa shape index (κ1) is 18.0. The molecule has 0 aliphatic rings. The molecule has 0 atom stereocenters. The number of pyridine rings is 1. The Morgan fingerprint density at radius 1 is 1.21 bits per heavy atom. The highest BCUT2D eigenvalue weighted by Crippen LogP contribution is 2.20. The zero-order chi connectivity index (χ0) is 19.3. The third-order valence-electron chi connectivity index (χ3n) is 4.06.